The summed E-state index contributed by atoms with van der Waals surface area (Å²) < 4.78 is 37.5. The van der Waals surface area contributed by atoms with Crippen LogP contribution in [0.3, 0.4) is 0 Å². The molecule has 2 aromatic carbocycles. The number of ether oxygens (including phenoxy) is 2. The zero-order valence-electron chi connectivity index (χ0n) is 18.1. The summed E-state index contributed by atoms with van der Waals surface area (Å²) in [6, 6.07) is 12.0. The van der Waals surface area contributed by atoms with E-state index in [9.17, 15) is 13.2 Å². The molecule has 0 saturated carbocycles. The maximum atomic E-state index is 13.3. The van der Waals surface area contributed by atoms with E-state index in [1.54, 1.807) is 42.3 Å². The normalized spacial score (nSPS) is 16.4. The average molecular weight is 475 g/mol. The first kappa shape index (κ1) is 22.7. The van der Waals surface area contributed by atoms with E-state index in [0.29, 0.717) is 29.5 Å². The quantitative estimate of drug-likeness (QED) is 0.491. The van der Waals surface area contributed by atoms with Crippen molar-refractivity contribution in [3.8, 4) is 5.75 Å². The van der Waals surface area contributed by atoms with Crippen LogP contribution in [0.1, 0.15) is 24.8 Å². The molecule has 170 valence electrons. The first-order valence-corrected chi connectivity index (χ1v) is 13.0. The maximum absolute atomic E-state index is 13.3. The number of carbonyl (C=O) groups excluding carboxylic acids is 1. The first-order valence-electron chi connectivity index (χ1n) is 10.5. The van der Waals surface area contributed by atoms with Crippen molar-refractivity contribution in [1.29, 1.82) is 0 Å². The lowest BCUT2D eigenvalue weighted by Crippen LogP contribution is -2.38. The van der Waals surface area contributed by atoms with Crippen LogP contribution in [0.5, 0.6) is 5.75 Å². The number of carbonyl (C=O) groups is 1. The fraction of sp³-hybridized carbons (Fsp3) is 0.391. The minimum Gasteiger partial charge on any atom is -0.494 e. The highest BCUT2D eigenvalue weighted by Gasteiger charge is 2.28. The lowest BCUT2D eigenvalue weighted by molar-refractivity contribution is -0.118. The van der Waals surface area contributed by atoms with Crippen LogP contribution in [0, 0.1) is 6.92 Å². The predicted octanol–water partition coefficient (Wildman–Crippen LogP) is 3.99. The van der Waals surface area contributed by atoms with Gasteiger partial charge in [-0.3, -0.25) is 9.69 Å². The maximum Gasteiger partial charge on any atom is 0.229 e. The predicted molar refractivity (Wildman–Crippen MR) is 125 cm³/mol. The van der Waals surface area contributed by atoms with Gasteiger partial charge in [-0.05, 0) is 43.5 Å². The number of fused-ring (bicyclic) bond motifs is 1. The fourth-order valence-corrected chi connectivity index (χ4v) is 6.09. The molecule has 1 aliphatic heterocycles. The Labute approximate surface area is 191 Å². The third kappa shape index (κ3) is 4.79. The lowest BCUT2D eigenvalue weighted by Gasteiger charge is -2.23. The molecule has 1 fully saturated rings. The molecule has 9 heteroatoms. The molecule has 4 rings (SSSR count). The van der Waals surface area contributed by atoms with E-state index in [4.69, 9.17) is 14.5 Å². The highest BCUT2D eigenvalue weighted by Crippen LogP contribution is 2.37. The van der Waals surface area contributed by atoms with Crippen molar-refractivity contribution >= 4 is 42.4 Å². The highest BCUT2D eigenvalue weighted by molar-refractivity contribution is 7.91. The molecule has 1 saturated heterocycles. The number of amides is 1. The number of sulfone groups is 1. The minimum absolute atomic E-state index is 0.0836. The van der Waals surface area contributed by atoms with Gasteiger partial charge >= 0.3 is 0 Å². The van der Waals surface area contributed by atoms with Gasteiger partial charge in [-0.2, -0.15) is 0 Å². The van der Waals surface area contributed by atoms with E-state index in [2.05, 4.69) is 0 Å². The third-order valence-electron chi connectivity index (χ3n) is 5.54. The van der Waals surface area contributed by atoms with Gasteiger partial charge in [-0.1, -0.05) is 35.6 Å². The molecular formula is C23H26N2O5S2. The number of hydrogen-bond acceptors (Lipinski definition) is 7. The summed E-state index contributed by atoms with van der Waals surface area (Å²) >= 11 is 1.41. The third-order valence-corrected chi connectivity index (χ3v) is 8.49. The zero-order valence-corrected chi connectivity index (χ0v) is 19.7. The van der Waals surface area contributed by atoms with Gasteiger partial charge in [0.25, 0.3) is 0 Å². The van der Waals surface area contributed by atoms with Crippen molar-refractivity contribution in [1.82, 2.24) is 4.98 Å². The lowest BCUT2D eigenvalue weighted by atomic mass is 10.2. The van der Waals surface area contributed by atoms with E-state index in [-0.39, 0.29) is 29.1 Å². The van der Waals surface area contributed by atoms with Gasteiger partial charge in [0.2, 0.25) is 5.91 Å². The molecule has 1 unspecified atom stereocenters. The van der Waals surface area contributed by atoms with Crippen molar-refractivity contribution in [2.45, 2.75) is 37.2 Å². The average Bonchev–Trinajstić information content (AvgIpc) is 3.47. The number of benzene rings is 2. The monoisotopic (exact) mass is 474 g/mol. The summed E-state index contributed by atoms with van der Waals surface area (Å²) in [4.78, 5) is 19.8. The van der Waals surface area contributed by atoms with Gasteiger partial charge in [0, 0.05) is 13.0 Å². The van der Waals surface area contributed by atoms with Crippen molar-refractivity contribution in [2.75, 3.05) is 30.9 Å². The molecule has 0 spiro atoms. The van der Waals surface area contributed by atoms with Gasteiger partial charge in [-0.25, -0.2) is 13.4 Å². The van der Waals surface area contributed by atoms with Crippen LogP contribution >= 0.6 is 11.3 Å². The van der Waals surface area contributed by atoms with Crippen LogP contribution in [-0.4, -0.2) is 51.4 Å². The molecule has 0 bridgehead atoms. The number of thiazole rings is 1. The zero-order chi connectivity index (χ0) is 22.7. The molecule has 7 nitrogen and oxygen atoms in total. The Morgan fingerprint density at radius 2 is 2.03 bits per heavy atom. The van der Waals surface area contributed by atoms with Crippen LogP contribution in [0.15, 0.2) is 47.4 Å². The Morgan fingerprint density at radius 3 is 2.72 bits per heavy atom. The van der Waals surface area contributed by atoms with E-state index in [1.807, 2.05) is 19.1 Å². The Kier molecular flexibility index (Phi) is 6.78. The molecule has 1 aliphatic rings. The second-order valence-corrected chi connectivity index (χ2v) is 10.9. The van der Waals surface area contributed by atoms with Gasteiger partial charge in [-0.15, -0.1) is 0 Å². The number of aromatic nitrogens is 1. The summed E-state index contributed by atoms with van der Waals surface area (Å²) in [5.41, 5.74) is 1.75. The standard InChI is InChI=1S/C23H26N2O5S2/c1-16-10-11-19(29-2)21-22(16)31-23(24-21)25(15-17-7-6-13-30-17)20(26)12-14-32(27,28)18-8-4-3-5-9-18/h3-5,8-11,17H,6-7,12-15H2,1-2H3. The van der Waals surface area contributed by atoms with Crippen LogP contribution < -0.4 is 9.64 Å². The fourth-order valence-electron chi connectivity index (χ4n) is 3.76. The van der Waals surface area contributed by atoms with Gasteiger partial charge in [0.1, 0.15) is 11.3 Å². The Morgan fingerprint density at radius 1 is 1.25 bits per heavy atom. The number of anilines is 1. The minimum atomic E-state index is -3.56. The second-order valence-electron chi connectivity index (χ2n) is 7.78. The molecule has 0 radical (unpaired) electrons. The molecule has 32 heavy (non-hydrogen) atoms. The summed E-state index contributed by atoms with van der Waals surface area (Å²) in [5, 5.41) is 0.533. The van der Waals surface area contributed by atoms with Crippen LogP contribution in [-0.2, 0) is 19.4 Å². The summed E-state index contributed by atoms with van der Waals surface area (Å²) in [6.45, 7) is 3.01. The number of hydrogen-bond donors (Lipinski definition) is 0. The number of methoxy groups -OCH3 is 1. The second kappa shape index (κ2) is 9.56. The number of nitrogens with zero attached hydrogens (tertiary/aromatic N) is 2. The Bertz CT molecular complexity index is 1200. The first-order chi connectivity index (χ1) is 15.4. The number of aryl methyl sites for hydroxylation is 1. The van der Waals surface area contributed by atoms with Gasteiger partial charge in [0.15, 0.2) is 15.0 Å². The van der Waals surface area contributed by atoms with Crippen molar-refractivity contribution in [2.24, 2.45) is 0 Å². The van der Waals surface area contributed by atoms with E-state index in [1.165, 1.54) is 11.3 Å². The molecule has 3 aromatic rings. The number of rotatable bonds is 8. The Hall–Kier alpha value is -2.49. The molecule has 1 aromatic heterocycles. The van der Waals surface area contributed by atoms with Crippen molar-refractivity contribution in [3.63, 3.8) is 0 Å². The summed E-state index contributed by atoms with van der Waals surface area (Å²) in [7, 11) is -1.97. The van der Waals surface area contributed by atoms with E-state index in [0.717, 1.165) is 23.1 Å². The molecule has 2 heterocycles. The summed E-state index contributed by atoms with van der Waals surface area (Å²) in [5.74, 6) is 0.102. The van der Waals surface area contributed by atoms with Crippen LogP contribution in [0.4, 0.5) is 5.13 Å². The van der Waals surface area contributed by atoms with Crippen molar-refractivity contribution < 1.29 is 22.7 Å². The van der Waals surface area contributed by atoms with Crippen molar-refractivity contribution in [3.05, 3.63) is 48.0 Å². The molecule has 0 N–H and O–H groups in total. The largest absolute Gasteiger partial charge is 0.494 e. The van der Waals surface area contributed by atoms with E-state index >= 15 is 0 Å². The molecular weight excluding hydrogens is 448 g/mol. The van der Waals surface area contributed by atoms with Crippen LogP contribution in [0.2, 0.25) is 0 Å². The topological polar surface area (TPSA) is 85.8 Å². The van der Waals surface area contributed by atoms with Gasteiger partial charge < -0.3 is 9.47 Å². The molecule has 1 atom stereocenters. The summed E-state index contributed by atoms with van der Waals surface area (Å²) in [6.07, 6.45) is 1.59. The molecule has 1 amide bonds. The van der Waals surface area contributed by atoms with Gasteiger partial charge in [0.05, 0.1) is 35.1 Å². The SMILES string of the molecule is COc1ccc(C)c2sc(N(CC3CCCO3)C(=O)CCS(=O)(=O)c3ccccc3)nc12. The molecule has 0 aliphatic carbocycles. The smallest absolute Gasteiger partial charge is 0.229 e. The highest BCUT2D eigenvalue weighted by atomic mass is 32.2. The Balaban J connectivity index is 1.61. The van der Waals surface area contributed by atoms with Crippen LogP contribution in [0.25, 0.3) is 10.2 Å². The van der Waals surface area contributed by atoms with E-state index < -0.39 is 9.84 Å².